The van der Waals surface area contributed by atoms with Crippen LogP contribution in [0.3, 0.4) is 0 Å². The lowest BCUT2D eigenvalue weighted by atomic mass is 9.95. The van der Waals surface area contributed by atoms with Gasteiger partial charge in [-0.1, -0.05) is 46.0 Å². The minimum Gasteiger partial charge on any atom is -0.493 e. The van der Waals surface area contributed by atoms with Crippen molar-refractivity contribution in [1.29, 1.82) is 0 Å². The average Bonchev–Trinajstić information content (AvgIpc) is 3.21. The van der Waals surface area contributed by atoms with Gasteiger partial charge in [0.15, 0.2) is 16.3 Å². The monoisotopic (exact) mass is 612 g/mol. The van der Waals surface area contributed by atoms with Crippen LogP contribution < -0.4 is 29.1 Å². The average molecular weight is 613 g/mol. The first-order valence-corrected chi connectivity index (χ1v) is 13.3. The first-order valence-electron chi connectivity index (χ1n) is 11.7. The van der Waals surface area contributed by atoms with E-state index < -0.39 is 18.0 Å². The van der Waals surface area contributed by atoms with Crippen molar-refractivity contribution in [3.05, 3.63) is 95.6 Å². The van der Waals surface area contributed by atoms with Gasteiger partial charge >= 0.3 is 11.9 Å². The summed E-state index contributed by atoms with van der Waals surface area (Å²) in [6.07, 6.45) is 3.10. The fourth-order valence-electron chi connectivity index (χ4n) is 4.15. The van der Waals surface area contributed by atoms with Crippen molar-refractivity contribution < 1.29 is 28.5 Å². The number of thiazole rings is 1. The number of hydrogen-bond donors (Lipinski definition) is 0. The molecule has 0 spiro atoms. The van der Waals surface area contributed by atoms with Gasteiger partial charge in [-0.15, -0.1) is 0 Å². The number of carbonyl (C=O) groups excluding carboxylic acids is 2. The van der Waals surface area contributed by atoms with Crippen molar-refractivity contribution in [2.75, 3.05) is 20.8 Å². The van der Waals surface area contributed by atoms with Crippen molar-refractivity contribution in [3.8, 4) is 17.2 Å². The molecule has 1 aliphatic rings. The van der Waals surface area contributed by atoms with Crippen LogP contribution in [-0.2, 0) is 14.3 Å². The molecule has 1 aromatic heterocycles. The van der Waals surface area contributed by atoms with E-state index >= 15 is 0 Å². The molecule has 3 aromatic rings. The fraction of sp³-hybridized carbons (Fsp3) is 0.214. The highest BCUT2D eigenvalue weighted by molar-refractivity contribution is 9.10. The van der Waals surface area contributed by atoms with Gasteiger partial charge in [0.1, 0.15) is 12.4 Å². The third-order valence-electron chi connectivity index (χ3n) is 5.81. The Morgan fingerprint density at radius 1 is 1.13 bits per heavy atom. The Balaban J connectivity index is 1.97. The number of esters is 2. The van der Waals surface area contributed by atoms with Gasteiger partial charge in [-0.3, -0.25) is 14.2 Å². The SMILES string of the molecule is C=CCOC(=O)C1=C(C)N=c2s/c(=C\c3cc(Br)ccc3OC(C)=O)c(=O)n2[C@H]1c1ccc(OC)c(OC)c1. The van der Waals surface area contributed by atoms with Gasteiger partial charge in [-0.25, -0.2) is 9.79 Å². The zero-order valence-corrected chi connectivity index (χ0v) is 24.1. The van der Waals surface area contributed by atoms with Gasteiger partial charge in [-0.2, -0.15) is 0 Å². The Morgan fingerprint density at radius 2 is 1.85 bits per heavy atom. The molecule has 0 radical (unpaired) electrons. The highest BCUT2D eigenvalue weighted by Crippen LogP contribution is 2.36. The summed E-state index contributed by atoms with van der Waals surface area (Å²) in [7, 11) is 3.03. The molecule has 39 heavy (non-hydrogen) atoms. The second-order valence-corrected chi connectivity index (χ2v) is 10.3. The number of halogens is 1. The lowest BCUT2D eigenvalue weighted by Crippen LogP contribution is -2.40. The van der Waals surface area contributed by atoms with E-state index in [1.807, 2.05) is 0 Å². The van der Waals surface area contributed by atoms with E-state index in [0.29, 0.717) is 43.4 Å². The molecule has 202 valence electrons. The molecule has 0 N–H and O–H groups in total. The van der Waals surface area contributed by atoms with E-state index in [4.69, 9.17) is 18.9 Å². The van der Waals surface area contributed by atoms with Crippen LogP contribution in [0.15, 0.2) is 74.6 Å². The second kappa shape index (κ2) is 11.8. The smallest absolute Gasteiger partial charge is 0.338 e. The van der Waals surface area contributed by atoms with Crippen molar-refractivity contribution in [1.82, 2.24) is 4.57 Å². The number of allylic oxidation sites excluding steroid dienone is 1. The number of benzene rings is 2. The van der Waals surface area contributed by atoms with Crippen molar-refractivity contribution in [2.24, 2.45) is 4.99 Å². The second-order valence-electron chi connectivity index (χ2n) is 8.36. The highest BCUT2D eigenvalue weighted by Gasteiger charge is 2.34. The van der Waals surface area contributed by atoms with Crippen LogP contribution in [0, 0.1) is 0 Å². The molecule has 0 unspecified atom stereocenters. The maximum Gasteiger partial charge on any atom is 0.338 e. The van der Waals surface area contributed by atoms with Gasteiger partial charge < -0.3 is 18.9 Å². The molecule has 2 heterocycles. The minimum absolute atomic E-state index is 0.000494. The summed E-state index contributed by atoms with van der Waals surface area (Å²) in [6, 6.07) is 9.45. The third kappa shape index (κ3) is 5.74. The van der Waals surface area contributed by atoms with Gasteiger partial charge in [-0.05, 0) is 48.9 Å². The molecule has 4 rings (SSSR count). The predicted octanol–water partition coefficient (Wildman–Crippen LogP) is 3.67. The maximum absolute atomic E-state index is 13.9. The highest BCUT2D eigenvalue weighted by atomic mass is 79.9. The standard InChI is InChI=1S/C28H25BrN2O7S/c1-6-11-37-27(34)24-15(2)30-28-31(25(24)17-7-9-21(35-4)22(13-17)36-5)26(33)23(39-28)14-18-12-19(29)8-10-20(18)38-16(3)32/h6-10,12-14,25H,1,11H2,2-5H3/b23-14-/t25-/m0/s1. The molecular weight excluding hydrogens is 588 g/mol. The molecule has 11 heteroatoms. The quantitative estimate of drug-likeness (QED) is 0.217. The molecule has 0 saturated heterocycles. The van der Waals surface area contributed by atoms with E-state index in [0.717, 1.165) is 15.8 Å². The number of aromatic nitrogens is 1. The van der Waals surface area contributed by atoms with Crippen LogP contribution in [0.5, 0.6) is 17.2 Å². The van der Waals surface area contributed by atoms with E-state index in [9.17, 15) is 14.4 Å². The molecule has 0 bridgehead atoms. The topological polar surface area (TPSA) is 105 Å². The van der Waals surface area contributed by atoms with E-state index in [2.05, 4.69) is 27.5 Å². The maximum atomic E-state index is 13.9. The van der Waals surface area contributed by atoms with Crippen LogP contribution in [0.25, 0.3) is 6.08 Å². The van der Waals surface area contributed by atoms with Gasteiger partial charge in [0.25, 0.3) is 5.56 Å². The summed E-state index contributed by atoms with van der Waals surface area (Å²) in [5.74, 6) is 0.135. The summed E-state index contributed by atoms with van der Waals surface area (Å²) in [5.41, 5.74) is 1.37. The first kappa shape index (κ1) is 28.1. The largest absolute Gasteiger partial charge is 0.493 e. The van der Waals surface area contributed by atoms with Crippen molar-refractivity contribution in [3.63, 3.8) is 0 Å². The first-order chi connectivity index (χ1) is 18.7. The van der Waals surface area contributed by atoms with Crippen LogP contribution in [-0.4, -0.2) is 37.3 Å². The van der Waals surface area contributed by atoms with E-state index in [-0.39, 0.29) is 17.7 Å². The molecule has 1 aliphatic heterocycles. The summed E-state index contributed by atoms with van der Waals surface area (Å²) in [5, 5.41) is 0. The normalized spacial score (nSPS) is 14.8. The fourth-order valence-corrected chi connectivity index (χ4v) is 5.57. The molecule has 0 saturated carbocycles. The molecule has 9 nitrogen and oxygen atoms in total. The Labute approximate surface area is 236 Å². The van der Waals surface area contributed by atoms with Crippen LogP contribution >= 0.6 is 27.3 Å². The van der Waals surface area contributed by atoms with Gasteiger partial charge in [0.2, 0.25) is 0 Å². The van der Waals surface area contributed by atoms with Crippen LogP contribution in [0.2, 0.25) is 0 Å². The summed E-state index contributed by atoms with van der Waals surface area (Å²) in [6.45, 7) is 6.60. The molecule has 1 atom stereocenters. The van der Waals surface area contributed by atoms with Crippen molar-refractivity contribution in [2.45, 2.75) is 19.9 Å². The Bertz CT molecular complexity index is 1690. The molecule has 0 aliphatic carbocycles. The third-order valence-corrected chi connectivity index (χ3v) is 7.29. The number of methoxy groups -OCH3 is 2. The number of carbonyl (C=O) groups is 2. The van der Waals surface area contributed by atoms with Gasteiger partial charge in [0.05, 0.1) is 36.1 Å². The molecule has 2 aromatic carbocycles. The number of rotatable bonds is 8. The summed E-state index contributed by atoms with van der Waals surface area (Å²) >= 11 is 4.58. The van der Waals surface area contributed by atoms with E-state index in [1.54, 1.807) is 49.4 Å². The molecular formula is C28H25BrN2O7S. The zero-order valence-electron chi connectivity index (χ0n) is 21.6. The van der Waals surface area contributed by atoms with E-state index in [1.165, 1.54) is 31.8 Å². The van der Waals surface area contributed by atoms with Crippen LogP contribution in [0.1, 0.15) is 31.0 Å². The van der Waals surface area contributed by atoms with Crippen LogP contribution in [0.4, 0.5) is 0 Å². The number of hydrogen-bond acceptors (Lipinski definition) is 9. The zero-order chi connectivity index (χ0) is 28.3. The lowest BCUT2D eigenvalue weighted by Gasteiger charge is -2.25. The Hall–Kier alpha value is -3.96. The number of fused-ring (bicyclic) bond motifs is 1. The molecule has 0 amide bonds. The Kier molecular flexibility index (Phi) is 8.51. The summed E-state index contributed by atoms with van der Waals surface area (Å²) < 4.78 is 24.1. The Morgan fingerprint density at radius 3 is 2.51 bits per heavy atom. The summed E-state index contributed by atoms with van der Waals surface area (Å²) in [4.78, 5) is 43.7. The predicted molar refractivity (Wildman–Crippen MR) is 150 cm³/mol. The van der Waals surface area contributed by atoms with Crippen molar-refractivity contribution >= 4 is 45.3 Å². The number of nitrogens with zero attached hydrogens (tertiary/aromatic N) is 2. The van der Waals surface area contributed by atoms with Gasteiger partial charge in [0, 0.05) is 17.0 Å². The molecule has 0 fully saturated rings. The lowest BCUT2D eigenvalue weighted by molar-refractivity contribution is -0.138. The number of ether oxygens (including phenoxy) is 4. The minimum atomic E-state index is -0.851.